The maximum atomic E-state index is 12.2. The highest BCUT2D eigenvalue weighted by atomic mass is 16.1. The van der Waals surface area contributed by atoms with E-state index < -0.39 is 0 Å². The van der Waals surface area contributed by atoms with Gasteiger partial charge in [0.05, 0.1) is 0 Å². The molecule has 0 aromatic heterocycles. The predicted molar refractivity (Wildman–Crippen MR) is 82.0 cm³/mol. The third-order valence-corrected chi connectivity index (χ3v) is 2.68. The van der Waals surface area contributed by atoms with Crippen molar-refractivity contribution in [3.05, 3.63) is 71.3 Å². The minimum Gasteiger partial charge on any atom is -0.300 e. The fourth-order valence-electron chi connectivity index (χ4n) is 1.87. The highest BCUT2D eigenvalue weighted by Gasteiger charge is 2.09. The van der Waals surface area contributed by atoms with Crippen molar-refractivity contribution in [2.75, 3.05) is 0 Å². The summed E-state index contributed by atoms with van der Waals surface area (Å²) in [6, 6.07) is 16.4. The predicted octanol–water partition coefficient (Wildman–Crippen LogP) is 4.08. The van der Waals surface area contributed by atoms with E-state index in [0.29, 0.717) is 17.5 Å². The van der Waals surface area contributed by atoms with Gasteiger partial charge in [-0.1, -0.05) is 62.4 Å². The van der Waals surface area contributed by atoms with Gasteiger partial charge in [-0.25, -0.2) is 0 Å². The Balaban J connectivity index is 0.000000956. The second-order valence-electron chi connectivity index (χ2n) is 4.27. The summed E-state index contributed by atoms with van der Waals surface area (Å²) in [7, 11) is 0. The van der Waals surface area contributed by atoms with Gasteiger partial charge in [0, 0.05) is 17.5 Å². The molecule has 0 N–H and O–H groups in total. The smallest absolute Gasteiger partial charge is 0.193 e. The van der Waals surface area contributed by atoms with Crippen LogP contribution in [0.25, 0.3) is 0 Å². The van der Waals surface area contributed by atoms with Gasteiger partial charge in [0.1, 0.15) is 5.78 Å². The minimum absolute atomic E-state index is 0.0130. The second kappa shape index (κ2) is 8.05. The van der Waals surface area contributed by atoms with Crippen molar-refractivity contribution in [1.29, 1.82) is 0 Å². The third-order valence-electron chi connectivity index (χ3n) is 2.68. The number of carbonyl (C=O) groups is 2. The summed E-state index contributed by atoms with van der Waals surface area (Å²) < 4.78 is 0. The summed E-state index contributed by atoms with van der Waals surface area (Å²) >= 11 is 0. The summed E-state index contributed by atoms with van der Waals surface area (Å²) in [5, 5.41) is 0. The Morgan fingerprint density at radius 3 is 2.05 bits per heavy atom. The average molecular weight is 268 g/mol. The van der Waals surface area contributed by atoms with Crippen molar-refractivity contribution in [3.8, 4) is 0 Å². The molecule has 0 heterocycles. The van der Waals surface area contributed by atoms with Crippen LogP contribution in [0.4, 0.5) is 0 Å². The van der Waals surface area contributed by atoms with E-state index in [4.69, 9.17) is 0 Å². The number of ketones is 2. The number of hydrogen-bond donors (Lipinski definition) is 0. The molecule has 0 fully saturated rings. The number of benzene rings is 2. The molecule has 0 bridgehead atoms. The first kappa shape index (κ1) is 15.8. The van der Waals surface area contributed by atoms with Crippen LogP contribution in [0.15, 0.2) is 54.6 Å². The molecular formula is C18H20O2. The first-order valence-electron chi connectivity index (χ1n) is 6.85. The molecule has 0 unspecified atom stereocenters. The molecule has 2 nitrogen and oxygen atoms in total. The van der Waals surface area contributed by atoms with E-state index in [2.05, 4.69) is 0 Å². The molecule has 2 rings (SSSR count). The molecule has 104 valence electrons. The van der Waals surface area contributed by atoms with Crippen LogP contribution in [0.1, 0.15) is 42.3 Å². The molecule has 0 aliphatic carbocycles. The van der Waals surface area contributed by atoms with Crippen molar-refractivity contribution in [3.63, 3.8) is 0 Å². The Labute approximate surface area is 120 Å². The van der Waals surface area contributed by atoms with Gasteiger partial charge < -0.3 is 0 Å². The van der Waals surface area contributed by atoms with Crippen molar-refractivity contribution >= 4 is 11.6 Å². The van der Waals surface area contributed by atoms with Gasteiger partial charge in [-0.2, -0.15) is 0 Å². The maximum Gasteiger partial charge on any atom is 0.193 e. The fraction of sp³-hybridized carbons (Fsp3) is 0.222. The lowest BCUT2D eigenvalue weighted by Gasteiger charge is -2.03. The lowest BCUT2D eigenvalue weighted by Crippen LogP contribution is -2.03. The van der Waals surface area contributed by atoms with E-state index in [0.717, 1.165) is 5.56 Å². The first-order chi connectivity index (χ1) is 9.66. The Kier molecular flexibility index (Phi) is 6.38. The van der Waals surface area contributed by atoms with E-state index in [1.807, 2.05) is 44.2 Å². The lowest BCUT2D eigenvalue weighted by molar-refractivity contribution is -0.116. The maximum absolute atomic E-state index is 12.2. The number of hydrogen-bond acceptors (Lipinski definition) is 2. The molecule has 0 spiro atoms. The first-order valence-corrected chi connectivity index (χ1v) is 6.85. The third kappa shape index (κ3) is 4.47. The van der Waals surface area contributed by atoms with Crippen molar-refractivity contribution in [2.45, 2.75) is 27.2 Å². The van der Waals surface area contributed by atoms with E-state index in [1.165, 1.54) is 0 Å². The van der Waals surface area contributed by atoms with Gasteiger partial charge in [0.25, 0.3) is 0 Å². The second-order valence-corrected chi connectivity index (χ2v) is 4.27. The molecule has 0 amide bonds. The van der Waals surface area contributed by atoms with Gasteiger partial charge in [0.15, 0.2) is 5.78 Å². The molecule has 0 saturated heterocycles. The fourth-order valence-corrected chi connectivity index (χ4v) is 1.87. The van der Waals surface area contributed by atoms with Crippen LogP contribution in [-0.4, -0.2) is 11.6 Å². The molecule has 2 heteroatoms. The molecule has 20 heavy (non-hydrogen) atoms. The normalized spacial score (nSPS) is 9.35. The van der Waals surface area contributed by atoms with Crippen molar-refractivity contribution in [2.24, 2.45) is 0 Å². The van der Waals surface area contributed by atoms with Gasteiger partial charge in [-0.15, -0.1) is 0 Å². The Morgan fingerprint density at radius 1 is 0.850 bits per heavy atom. The lowest BCUT2D eigenvalue weighted by atomic mass is 10.00. The van der Waals surface area contributed by atoms with E-state index in [9.17, 15) is 9.59 Å². The van der Waals surface area contributed by atoms with E-state index in [-0.39, 0.29) is 11.6 Å². The van der Waals surface area contributed by atoms with Crippen LogP contribution in [-0.2, 0) is 11.2 Å². The largest absolute Gasteiger partial charge is 0.300 e. The Morgan fingerprint density at radius 2 is 1.45 bits per heavy atom. The van der Waals surface area contributed by atoms with Crippen LogP contribution in [0.3, 0.4) is 0 Å². The zero-order valence-electron chi connectivity index (χ0n) is 12.2. The highest BCUT2D eigenvalue weighted by molar-refractivity contribution is 6.09. The zero-order valence-corrected chi connectivity index (χ0v) is 12.2. The van der Waals surface area contributed by atoms with Gasteiger partial charge in [-0.05, 0) is 18.6 Å². The van der Waals surface area contributed by atoms with Crippen LogP contribution in [0.5, 0.6) is 0 Å². The van der Waals surface area contributed by atoms with Crippen molar-refractivity contribution < 1.29 is 9.59 Å². The minimum atomic E-state index is -0.0130. The topological polar surface area (TPSA) is 34.1 Å². The molecule has 0 aliphatic heterocycles. The van der Waals surface area contributed by atoms with Gasteiger partial charge in [-0.3, -0.25) is 9.59 Å². The summed E-state index contributed by atoms with van der Waals surface area (Å²) in [5.74, 6) is 0.0836. The Hall–Kier alpha value is -2.22. The summed E-state index contributed by atoms with van der Waals surface area (Å²) in [6.45, 7) is 5.55. The number of carbonyl (C=O) groups excluding carboxylic acids is 2. The van der Waals surface area contributed by atoms with Crippen LogP contribution < -0.4 is 0 Å². The quantitative estimate of drug-likeness (QED) is 0.783. The van der Waals surface area contributed by atoms with E-state index in [1.54, 1.807) is 31.2 Å². The monoisotopic (exact) mass is 268 g/mol. The van der Waals surface area contributed by atoms with Gasteiger partial charge in [0.2, 0.25) is 0 Å². The van der Waals surface area contributed by atoms with Gasteiger partial charge >= 0.3 is 0 Å². The molecule has 2 aromatic carbocycles. The number of Topliss-reactive ketones (excluding diaryl/α,β-unsaturated/α-hetero) is 1. The van der Waals surface area contributed by atoms with Crippen LogP contribution in [0.2, 0.25) is 0 Å². The highest BCUT2D eigenvalue weighted by Crippen LogP contribution is 2.12. The SMILES string of the molecule is CC.CC(=O)Cc1cccc(C(=O)c2ccccc2)c1. The van der Waals surface area contributed by atoms with Crippen LogP contribution >= 0.6 is 0 Å². The average Bonchev–Trinajstić information content (AvgIpc) is 2.49. The van der Waals surface area contributed by atoms with Crippen LogP contribution in [0, 0.1) is 0 Å². The van der Waals surface area contributed by atoms with Crippen molar-refractivity contribution in [1.82, 2.24) is 0 Å². The summed E-state index contributed by atoms with van der Waals surface area (Å²) in [4.78, 5) is 23.3. The summed E-state index contributed by atoms with van der Waals surface area (Å²) in [6.07, 6.45) is 0.371. The molecule has 0 aliphatic rings. The Bertz CT molecular complexity index is 571. The number of rotatable bonds is 4. The summed E-state index contributed by atoms with van der Waals surface area (Å²) in [5.41, 5.74) is 2.17. The molecule has 0 radical (unpaired) electrons. The zero-order chi connectivity index (χ0) is 15.0. The molecule has 0 atom stereocenters. The molecule has 2 aromatic rings. The molecule has 0 saturated carbocycles. The molecular weight excluding hydrogens is 248 g/mol. The van der Waals surface area contributed by atoms with E-state index >= 15 is 0 Å². The standard InChI is InChI=1S/C16H14O2.C2H6/c1-12(17)10-13-6-5-9-15(11-13)16(18)14-7-3-2-4-8-14;1-2/h2-9,11H,10H2,1H3;1-2H3.